The zero-order chi connectivity index (χ0) is 52.0. The number of hydrogen-bond acceptors (Lipinski definition) is 3. The Balaban J connectivity index is 3.46. The van der Waals surface area contributed by atoms with E-state index >= 15 is 0 Å². The van der Waals surface area contributed by atoms with E-state index in [-0.39, 0.29) is 12.5 Å². The largest absolute Gasteiger partial charge is 0.394 e. The normalized spacial score (nSPS) is 13.0. The quantitative estimate of drug-likeness (QED) is 0.0420. The highest BCUT2D eigenvalue weighted by molar-refractivity contribution is 5.76. The number of aliphatic hydroxyl groups is 2. The molecule has 0 aromatic carbocycles. The highest BCUT2D eigenvalue weighted by Gasteiger charge is 2.18. The molecule has 0 radical (unpaired) electrons. The molecular weight excluding hydrogens is 879 g/mol. The Kier molecular flexibility index (Phi) is 62.2. The molecule has 2 unspecified atom stereocenters. The number of aliphatic hydroxyl groups excluding tert-OH is 2. The Labute approximate surface area is 452 Å². The molecule has 0 aromatic heterocycles. The lowest BCUT2D eigenvalue weighted by molar-refractivity contribution is -0.123. The van der Waals surface area contributed by atoms with Gasteiger partial charge in [-0.3, -0.25) is 4.79 Å². The second-order valence-electron chi connectivity index (χ2n) is 22.5. The molecule has 424 valence electrons. The maximum Gasteiger partial charge on any atom is 0.220 e. The molecule has 0 aliphatic carbocycles. The van der Waals surface area contributed by atoms with Crippen LogP contribution in [0.5, 0.6) is 0 Å². The van der Waals surface area contributed by atoms with Crippen molar-refractivity contribution in [3.8, 4) is 0 Å². The predicted molar refractivity (Wildman–Crippen MR) is 322 cm³/mol. The molecule has 2 atom stereocenters. The fourth-order valence-corrected chi connectivity index (χ4v) is 10.3. The zero-order valence-corrected chi connectivity index (χ0v) is 49.0. The van der Waals surface area contributed by atoms with Crippen LogP contribution in [0.15, 0.2) is 48.6 Å². The van der Waals surface area contributed by atoms with Crippen LogP contribution < -0.4 is 5.32 Å². The van der Waals surface area contributed by atoms with Gasteiger partial charge >= 0.3 is 0 Å². The van der Waals surface area contributed by atoms with E-state index in [2.05, 4.69) is 55.6 Å². The molecule has 0 saturated carbocycles. The summed E-state index contributed by atoms with van der Waals surface area (Å²) in [5, 5.41) is 23.2. The fraction of sp³-hybridized carbons (Fsp3) is 0.868. The van der Waals surface area contributed by atoms with Crippen LogP contribution in [-0.2, 0) is 4.79 Å². The van der Waals surface area contributed by atoms with E-state index in [0.717, 1.165) is 38.5 Å². The number of nitrogens with one attached hydrogen (secondary N) is 1. The molecule has 0 aliphatic heterocycles. The van der Waals surface area contributed by atoms with Crippen molar-refractivity contribution in [2.45, 2.75) is 373 Å². The van der Waals surface area contributed by atoms with Crippen LogP contribution in [0, 0.1) is 0 Å². The Morgan fingerprint density at radius 1 is 0.319 bits per heavy atom. The minimum Gasteiger partial charge on any atom is -0.394 e. The Bertz CT molecular complexity index is 1140. The Morgan fingerprint density at radius 3 is 0.806 bits per heavy atom. The molecular formula is C68H129NO3. The van der Waals surface area contributed by atoms with Crippen molar-refractivity contribution in [1.82, 2.24) is 5.32 Å². The molecule has 0 fully saturated rings. The molecule has 0 spiro atoms. The van der Waals surface area contributed by atoms with E-state index in [1.165, 1.54) is 302 Å². The molecule has 0 aliphatic rings. The van der Waals surface area contributed by atoms with Gasteiger partial charge in [0.1, 0.15) is 0 Å². The van der Waals surface area contributed by atoms with Gasteiger partial charge < -0.3 is 15.5 Å². The Hall–Kier alpha value is -1.65. The molecule has 1 amide bonds. The number of carbonyl (C=O) groups is 1. The smallest absolute Gasteiger partial charge is 0.220 e. The molecule has 0 saturated heterocycles. The van der Waals surface area contributed by atoms with Gasteiger partial charge in [-0.15, -0.1) is 0 Å². The lowest BCUT2D eigenvalue weighted by atomic mass is 10.0. The third-order valence-corrected chi connectivity index (χ3v) is 15.3. The summed E-state index contributed by atoms with van der Waals surface area (Å²) in [6, 6.07) is -0.647. The third-order valence-electron chi connectivity index (χ3n) is 15.3. The first-order valence-corrected chi connectivity index (χ1v) is 32.9. The highest BCUT2D eigenvalue weighted by Crippen LogP contribution is 2.18. The van der Waals surface area contributed by atoms with Crippen LogP contribution in [0.25, 0.3) is 0 Å². The minimum atomic E-state index is -0.871. The SMILES string of the molecule is CCCCCCCCCCCCCCC/C=C/CC/C=C/CC/C=C/C(O)C(CO)NC(=O)CCCCCCCCCCCCCCCCCCC/C=C\CCCCCCCCCCCCCCCCCC. The van der Waals surface area contributed by atoms with Crippen molar-refractivity contribution < 1.29 is 15.0 Å². The van der Waals surface area contributed by atoms with Gasteiger partial charge in [-0.25, -0.2) is 0 Å². The van der Waals surface area contributed by atoms with Crippen molar-refractivity contribution in [1.29, 1.82) is 0 Å². The van der Waals surface area contributed by atoms with Gasteiger partial charge in [-0.05, 0) is 70.6 Å². The van der Waals surface area contributed by atoms with Crippen LogP contribution in [0.4, 0.5) is 0 Å². The molecule has 0 rings (SSSR count). The van der Waals surface area contributed by atoms with Gasteiger partial charge in [-0.1, -0.05) is 332 Å². The number of allylic oxidation sites excluding steroid dienone is 7. The van der Waals surface area contributed by atoms with Gasteiger partial charge in [-0.2, -0.15) is 0 Å². The predicted octanol–water partition coefficient (Wildman–Crippen LogP) is 22.2. The fourth-order valence-electron chi connectivity index (χ4n) is 10.3. The van der Waals surface area contributed by atoms with Crippen molar-refractivity contribution in [2.24, 2.45) is 0 Å². The summed E-state index contributed by atoms with van der Waals surface area (Å²) < 4.78 is 0. The second-order valence-corrected chi connectivity index (χ2v) is 22.5. The van der Waals surface area contributed by atoms with Crippen LogP contribution >= 0.6 is 0 Å². The van der Waals surface area contributed by atoms with E-state index in [0.29, 0.717) is 6.42 Å². The molecule has 3 N–H and O–H groups in total. The van der Waals surface area contributed by atoms with E-state index in [4.69, 9.17) is 0 Å². The van der Waals surface area contributed by atoms with E-state index in [9.17, 15) is 15.0 Å². The molecule has 72 heavy (non-hydrogen) atoms. The lowest BCUT2D eigenvalue weighted by Gasteiger charge is -2.19. The third kappa shape index (κ3) is 59.2. The van der Waals surface area contributed by atoms with Crippen LogP contribution in [0.2, 0.25) is 0 Å². The Morgan fingerprint density at radius 2 is 0.542 bits per heavy atom. The van der Waals surface area contributed by atoms with Crippen molar-refractivity contribution in [3.05, 3.63) is 48.6 Å². The minimum absolute atomic E-state index is 0.0724. The van der Waals surface area contributed by atoms with Crippen molar-refractivity contribution >= 4 is 5.91 Å². The number of carbonyl (C=O) groups excluding carboxylic acids is 1. The maximum atomic E-state index is 12.5. The average molecular weight is 1010 g/mol. The van der Waals surface area contributed by atoms with Crippen molar-refractivity contribution in [2.75, 3.05) is 6.61 Å². The number of amides is 1. The van der Waals surface area contributed by atoms with Gasteiger partial charge in [0, 0.05) is 6.42 Å². The summed E-state index contributed by atoms with van der Waals surface area (Å²) in [6.07, 6.45) is 89.0. The molecule has 0 heterocycles. The van der Waals surface area contributed by atoms with Gasteiger partial charge in [0.2, 0.25) is 5.91 Å². The van der Waals surface area contributed by atoms with Gasteiger partial charge in [0.15, 0.2) is 0 Å². The maximum absolute atomic E-state index is 12.5. The van der Waals surface area contributed by atoms with E-state index in [1.54, 1.807) is 6.08 Å². The van der Waals surface area contributed by atoms with Gasteiger partial charge in [0.05, 0.1) is 18.8 Å². The molecule has 4 nitrogen and oxygen atoms in total. The average Bonchev–Trinajstić information content (AvgIpc) is 3.39. The monoisotopic (exact) mass is 1010 g/mol. The first kappa shape index (κ1) is 70.3. The van der Waals surface area contributed by atoms with Gasteiger partial charge in [0.25, 0.3) is 0 Å². The van der Waals surface area contributed by atoms with Crippen LogP contribution in [0.3, 0.4) is 0 Å². The highest BCUT2D eigenvalue weighted by atomic mass is 16.3. The molecule has 0 bridgehead atoms. The summed E-state index contributed by atoms with van der Waals surface area (Å²) in [4.78, 5) is 12.5. The lowest BCUT2D eigenvalue weighted by Crippen LogP contribution is -2.45. The van der Waals surface area contributed by atoms with E-state index < -0.39 is 12.1 Å². The number of hydrogen-bond donors (Lipinski definition) is 3. The molecule has 4 heteroatoms. The zero-order valence-electron chi connectivity index (χ0n) is 49.0. The summed E-state index contributed by atoms with van der Waals surface area (Å²) in [7, 11) is 0. The number of unbranched alkanes of at least 4 members (excludes halogenated alkanes) is 48. The first-order chi connectivity index (χ1) is 35.7. The summed E-state index contributed by atoms with van der Waals surface area (Å²) in [6.45, 7) is 4.33. The second kappa shape index (κ2) is 63.6. The number of rotatable bonds is 61. The standard InChI is InChI=1S/C68H129NO3/c1-3-5-7-9-11-13-15-17-19-21-23-25-27-28-29-30-31-32-33-34-35-36-37-38-39-40-42-44-46-48-50-52-54-56-58-60-62-64-68(72)69-66(65-70)67(71)63-61-59-57-55-53-51-49-47-45-43-41-26-24-22-20-18-16-14-12-10-8-6-4-2/h32-33,45,47,53,55,61,63,66-67,70-71H,3-31,34-44,46,48-52,54,56-60,62,64-65H2,1-2H3,(H,69,72)/b33-32-,47-45+,55-53+,63-61+. The summed E-state index contributed by atoms with van der Waals surface area (Å²) in [5.74, 6) is -0.0724. The van der Waals surface area contributed by atoms with E-state index in [1.807, 2.05) is 6.08 Å². The molecule has 0 aromatic rings. The van der Waals surface area contributed by atoms with Crippen molar-refractivity contribution in [3.63, 3.8) is 0 Å². The first-order valence-electron chi connectivity index (χ1n) is 32.9. The van der Waals surface area contributed by atoms with Crippen LogP contribution in [-0.4, -0.2) is 34.9 Å². The summed E-state index contributed by atoms with van der Waals surface area (Å²) >= 11 is 0. The topological polar surface area (TPSA) is 69.6 Å². The van der Waals surface area contributed by atoms with Crippen LogP contribution in [0.1, 0.15) is 361 Å². The summed E-state index contributed by atoms with van der Waals surface area (Å²) in [5.41, 5.74) is 0.